The van der Waals surface area contributed by atoms with Gasteiger partial charge >= 0.3 is 5.97 Å². The molecule has 0 aliphatic heterocycles. The van der Waals surface area contributed by atoms with E-state index in [2.05, 4.69) is 10.3 Å². The van der Waals surface area contributed by atoms with Crippen molar-refractivity contribution in [1.82, 2.24) is 4.98 Å². The van der Waals surface area contributed by atoms with E-state index in [-0.39, 0.29) is 12.5 Å². The highest BCUT2D eigenvalue weighted by molar-refractivity contribution is 7.15. The second-order valence-corrected chi connectivity index (χ2v) is 6.45. The van der Waals surface area contributed by atoms with E-state index in [0.29, 0.717) is 11.3 Å². The fourth-order valence-electron chi connectivity index (χ4n) is 2.24. The number of hydrogen-bond acceptors (Lipinski definition) is 5. The van der Waals surface area contributed by atoms with Gasteiger partial charge in [-0.25, -0.2) is 9.78 Å². The van der Waals surface area contributed by atoms with Gasteiger partial charge in [0.25, 0.3) is 0 Å². The molecule has 0 saturated carbocycles. The van der Waals surface area contributed by atoms with Gasteiger partial charge in [-0.15, -0.1) is 11.3 Å². The molecule has 1 N–H and O–H groups in total. The molecule has 0 aliphatic rings. The summed E-state index contributed by atoms with van der Waals surface area (Å²) >= 11 is 1.49. The van der Waals surface area contributed by atoms with Gasteiger partial charge in [-0.2, -0.15) is 0 Å². The lowest BCUT2D eigenvalue weighted by atomic mass is 10.2. The minimum atomic E-state index is -0.443. The van der Waals surface area contributed by atoms with Crippen molar-refractivity contribution < 1.29 is 14.3 Å². The summed E-state index contributed by atoms with van der Waals surface area (Å²) in [7, 11) is 0. The van der Waals surface area contributed by atoms with Crippen molar-refractivity contribution in [3.63, 3.8) is 0 Å². The Hall–Kier alpha value is -2.99. The summed E-state index contributed by atoms with van der Waals surface area (Å²) in [6, 6.07) is 16.5. The number of rotatable bonds is 5. The highest BCUT2D eigenvalue weighted by Crippen LogP contribution is 2.25. The van der Waals surface area contributed by atoms with Crippen molar-refractivity contribution in [2.24, 2.45) is 0 Å². The zero-order chi connectivity index (χ0) is 17.6. The van der Waals surface area contributed by atoms with Gasteiger partial charge in [-0.05, 0) is 18.2 Å². The lowest BCUT2D eigenvalue weighted by Gasteiger charge is -2.06. The van der Waals surface area contributed by atoms with Crippen molar-refractivity contribution in [2.75, 3.05) is 5.32 Å². The SMILES string of the molecule is CC(=O)Nc1cccc(C(=O)OCc2cnc(-c3ccccc3)s2)c1. The third-order valence-electron chi connectivity index (χ3n) is 3.34. The molecule has 126 valence electrons. The van der Waals surface area contributed by atoms with E-state index < -0.39 is 5.97 Å². The van der Waals surface area contributed by atoms with Gasteiger partial charge in [0.1, 0.15) is 11.6 Å². The average molecular weight is 352 g/mol. The number of ether oxygens (including phenoxy) is 1. The van der Waals surface area contributed by atoms with Crippen molar-refractivity contribution in [1.29, 1.82) is 0 Å². The van der Waals surface area contributed by atoms with Crippen molar-refractivity contribution in [2.45, 2.75) is 13.5 Å². The van der Waals surface area contributed by atoms with E-state index in [1.807, 2.05) is 30.3 Å². The average Bonchev–Trinajstić information content (AvgIpc) is 3.09. The first-order chi connectivity index (χ1) is 12.1. The van der Waals surface area contributed by atoms with Crippen LogP contribution in [0.4, 0.5) is 5.69 Å². The van der Waals surface area contributed by atoms with E-state index in [0.717, 1.165) is 15.4 Å². The maximum atomic E-state index is 12.2. The third-order valence-corrected chi connectivity index (χ3v) is 4.36. The second kappa shape index (κ2) is 7.72. The highest BCUT2D eigenvalue weighted by atomic mass is 32.1. The van der Waals surface area contributed by atoms with E-state index >= 15 is 0 Å². The molecular formula is C19H16N2O3S. The van der Waals surface area contributed by atoms with Crippen LogP contribution in [0.1, 0.15) is 22.2 Å². The van der Waals surface area contributed by atoms with Gasteiger partial charge in [0.15, 0.2) is 0 Å². The largest absolute Gasteiger partial charge is 0.456 e. The van der Waals surface area contributed by atoms with Gasteiger partial charge in [-0.3, -0.25) is 4.79 Å². The molecule has 1 amide bonds. The van der Waals surface area contributed by atoms with Gasteiger partial charge in [0.2, 0.25) is 5.91 Å². The molecule has 3 aromatic rings. The molecule has 5 nitrogen and oxygen atoms in total. The Labute approximate surface area is 149 Å². The quantitative estimate of drug-likeness (QED) is 0.701. The maximum absolute atomic E-state index is 12.2. The van der Waals surface area contributed by atoms with Gasteiger partial charge in [-0.1, -0.05) is 36.4 Å². The van der Waals surface area contributed by atoms with Crippen molar-refractivity contribution in [3.05, 3.63) is 71.2 Å². The van der Waals surface area contributed by atoms with Crippen LogP contribution in [-0.4, -0.2) is 16.9 Å². The van der Waals surface area contributed by atoms with E-state index in [4.69, 9.17) is 4.74 Å². The second-order valence-electron chi connectivity index (χ2n) is 5.34. The first-order valence-electron chi connectivity index (χ1n) is 7.67. The number of nitrogens with zero attached hydrogens (tertiary/aromatic N) is 1. The van der Waals surface area contributed by atoms with Crippen LogP contribution in [0, 0.1) is 0 Å². The maximum Gasteiger partial charge on any atom is 0.338 e. The molecule has 0 spiro atoms. The predicted octanol–water partition coefficient (Wildman–Crippen LogP) is 4.13. The fraction of sp³-hybridized carbons (Fsp3) is 0.105. The van der Waals surface area contributed by atoms with Gasteiger partial charge in [0, 0.05) is 24.4 Å². The van der Waals surface area contributed by atoms with E-state index in [1.54, 1.807) is 30.5 Å². The molecular weight excluding hydrogens is 336 g/mol. The molecule has 1 heterocycles. The van der Waals surface area contributed by atoms with Crippen LogP contribution < -0.4 is 5.32 Å². The lowest BCUT2D eigenvalue weighted by molar-refractivity contribution is -0.114. The monoisotopic (exact) mass is 352 g/mol. The minimum Gasteiger partial charge on any atom is -0.456 e. The number of carbonyl (C=O) groups excluding carboxylic acids is 2. The summed E-state index contributed by atoms with van der Waals surface area (Å²) in [5.41, 5.74) is 1.98. The summed E-state index contributed by atoms with van der Waals surface area (Å²) in [6.07, 6.45) is 1.72. The van der Waals surface area contributed by atoms with Crippen molar-refractivity contribution in [3.8, 4) is 10.6 Å². The Bertz CT molecular complexity index is 890. The number of aromatic nitrogens is 1. The van der Waals surface area contributed by atoms with Crippen LogP contribution in [0.25, 0.3) is 10.6 Å². The number of amides is 1. The molecule has 0 atom stereocenters. The number of carbonyl (C=O) groups is 2. The summed E-state index contributed by atoms with van der Waals surface area (Å²) in [4.78, 5) is 28.5. The first-order valence-corrected chi connectivity index (χ1v) is 8.48. The van der Waals surface area contributed by atoms with Crippen LogP contribution in [0.3, 0.4) is 0 Å². The lowest BCUT2D eigenvalue weighted by Crippen LogP contribution is -2.08. The molecule has 0 saturated heterocycles. The molecule has 0 radical (unpaired) electrons. The fourth-order valence-corrected chi connectivity index (χ4v) is 3.07. The van der Waals surface area contributed by atoms with Crippen LogP contribution >= 0.6 is 11.3 Å². The zero-order valence-electron chi connectivity index (χ0n) is 13.6. The van der Waals surface area contributed by atoms with E-state index in [9.17, 15) is 9.59 Å². The first kappa shape index (κ1) is 16.9. The topological polar surface area (TPSA) is 68.3 Å². The molecule has 2 aromatic carbocycles. The van der Waals surface area contributed by atoms with Crippen LogP contribution in [-0.2, 0) is 16.1 Å². The highest BCUT2D eigenvalue weighted by Gasteiger charge is 2.11. The Balaban J connectivity index is 1.63. The van der Waals surface area contributed by atoms with Crippen LogP contribution in [0.5, 0.6) is 0 Å². The normalized spacial score (nSPS) is 10.3. The number of thiazole rings is 1. The van der Waals surface area contributed by atoms with Crippen molar-refractivity contribution >= 4 is 28.9 Å². The number of esters is 1. The standard InChI is InChI=1S/C19H16N2O3S/c1-13(22)21-16-9-5-8-15(10-16)19(23)24-12-17-11-20-18(25-17)14-6-3-2-4-7-14/h2-11H,12H2,1H3,(H,21,22). The van der Waals surface area contributed by atoms with Crippen LogP contribution in [0.2, 0.25) is 0 Å². The predicted molar refractivity (Wildman–Crippen MR) is 97.4 cm³/mol. The Morgan fingerprint density at radius 2 is 1.92 bits per heavy atom. The molecule has 0 fully saturated rings. The molecule has 0 aliphatic carbocycles. The van der Waals surface area contributed by atoms with Gasteiger partial charge < -0.3 is 10.1 Å². The molecule has 25 heavy (non-hydrogen) atoms. The third kappa shape index (κ3) is 4.51. The number of nitrogens with one attached hydrogen (secondary N) is 1. The molecule has 0 bridgehead atoms. The molecule has 1 aromatic heterocycles. The number of benzene rings is 2. The Kier molecular flexibility index (Phi) is 5.20. The number of anilines is 1. The molecule has 0 unspecified atom stereocenters. The Morgan fingerprint density at radius 3 is 2.68 bits per heavy atom. The minimum absolute atomic E-state index is 0.160. The summed E-state index contributed by atoms with van der Waals surface area (Å²) in [5.74, 6) is -0.634. The van der Waals surface area contributed by atoms with Crippen LogP contribution in [0.15, 0.2) is 60.8 Å². The Morgan fingerprint density at radius 1 is 1.12 bits per heavy atom. The van der Waals surface area contributed by atoms with E-state index in [1.165, 1.54) is 18.3 Å². The van der Waals surface area contributed by atoms with Gasteiger partial charge in [0.05, 0.1) is 10.4 Å². The molecule has 3 rings (SSSR count). The summed E-state index contributed by atoms with van der Waals surface area (Å²) < 4.78 is 5.34. The number of hydrogen-bond donors (Lipinski definition) is 1. The molecule has 6 heteroatoms. The zero-order valence-corrected chi connectivity index (χ0v) is 14.4. The smallest absolute Gasteiger partial charge is 0.338 e. The summed E-state index contributed by atoms with van der Waals surface area (Å²) in [5, 5.41) is 3.53. The summed E-state index contributed by atoms with van der Waals surface area (Å²) in [6.45, 7) is 1.58.